The van der Waals surface area contributed by atoms with Gasteiger partial charge in [0, 0.05) is 12.2 Å². The van der Waals surface area contributed by atoms with Crippen molar-refractivity contribution in [2.24, 2.45) is 0 Å². The van der Waals surface area contributed by atoms with Gasteiger partial charge in [0.1, 0.15) is 0 Å². The van der Waals surface area contributed by atoms with E-state index >= 15 is 0 Å². The summed E-state index contributed by atoms with van der Waals surface area (Å²) in [6.45, 7) is 0.893. The molecule has 0 bridgehead atoms. The van der Waals surface area contributed by atoms with Gasteiger partial charge >= 0.3 is 0 Å². The van der Waals surface area contributed by atoms with Gasteiger partial charge in [0.25, 0.3) is 0 Å². The summed E-state index contributed by atoms with van der Waals surface area (Å²) in [6, 6.07) is 8.37. The van der Waals surface area contributed by atoms with Gasteiger partial charge in [0.15, 0.2) is 0 Å². The van der Waals surface area contributed by atoms with E-state index in [1.54, 1.807) is 0 Å². The summed E-state index contributed by atoms with van der Waals surface area (Å²) in [5.74, 6) is 0. The van der Waals surface area contributed by atoms with E-state index in [2.05, 4.69) is 59.2 Å². The van der Waals surface area contributed by atoms with E-state index in [0.717, 1.165) is 19.4 Å². The zero-order valence-electron chi connectivity index (χ0n) is 9.74. The third kappa shape index (κ3) is 2.11. The van der Waals surface area contributed by atoms with Crippen LogP contribution in [0.3, 0.4) is 0 Å². The van der Waals surface area contributed by atoms with Crippen molar-refractivity contribution in [3.05, 3.63) is 59.8 Å². The van der Waals surface area contributed by atoms with Gasteiger partial charge in [-0.3, -0.25) is 0 Å². The smallest absolute Gasteiger partial charge is 0.0617 e. The highest BCUT2D eigenvalue weighted by molar-refractivity contribution is 5.73. The van der Waals surface area contributed by atoms with Crippen LogP contribution in [0, 0.1) is 0 Å². The molecule has 0 atom stereocenters. The topological polar surface area (TPSA) is 24.1 Å². The minimum absolute atomic E-state index is 0.893. The zero-order chi connectivity index (χ0) is 11.5. The van der Waals surface area contributed by atoms with Crippen LogP contribution in [0.25, 0.3) is 0 Å². The third-order valence-electron chi connectivity index (χ3n) is 3.18. The molecule has 2 N–H and O–H groups in total. The summed E-state index contributed by atoms with van der Waals surface area (Å²) in [5, 5.41) is 7.04. The van der Waals surface area contributed by atoms with E-state index in [9.17, 15) is 0 Å². The number of allylic oxidation sites excluding steroid dienone is 4. The van der Waals surface area contributed by atoms with Crippen LogP contribution in [0.15, 0.2) is 59.8 Å². The summed E-state index contributed by atoms with van der Waals surface area (Å²) in [6.07, 6.45) is 10.8. The van der Waals surface area contributed by atoms with E-state index in [1.165, 1.54) is 22.6 Å². The Balaban J connectivity index is 1.97. The first-order valence-corrected chi connectivity index (χ1v) is 6.08. The van der Waals surface area contributed by atoms with Crippen LogP contribution in [0.1, 0.15) is 12.8 Å². The predicted octanol–water partition coefficient (Wildman–Crippen LogP) is 3.68. The standard InChI is InChI=1S/C15H16N2/c1-2-4-8-13-12(7-3-1)11-16-14-9-5-6-10-15(14)17-13/h1-3,5-7,9-10,16-17H,4,8,11H2. The van der Waals surface area contributed by atoms with Crippen LogP contribution in [0.2, 0.25) is 0 Å². The highest BCUT2D eigenvalue weighted by Crippen LogP contribution is 2.29. The number of para-hydroxylation sites is 2. The van der Waals surface area contributed by atoms with E-state index in [4.69, 9.17) is 0 Å². The lowest BCUT2D eigenvalue weighted by Crippen LogP contribution is -2.05. The lowest BCUT2D eigenvalue weighted by Gasteiger charge is -2.12. The summed E-state index contributed by atoms with van der Waals surface area (Å²) in [5.41, 5.74) is 5.05. The minimum Gasteiger partial charge on any atom is -0.379 e. The SMILES string of the molecule is C1=CCCC2=C(C=C1)CNc1ccccc1N2. The molecule has 0 saturated heterocycles. The molecule has 2 heteroatoms. The zero-order valence-corrected chi connectivity index (χ0v) is 9.74. The molecular weight excluding hydrogens is 208 g/mol. The molecule has 0 fully saturated rings. The van der Waals surface area contributed by atoms with Crippen molar-refractivity contribution >= 4 is 11.4 Å². The van der Waals surface area contributed by atoms with Gasteiger partial charge in [-0.1, -0.05) is 36.4 Å². The lowest BCUT2D eigenvalue weighted by atomic mass is 10.1. The van der Waals surface area contributed by atoms with Crippen molar-refractivity contribution in [2.75, 3.05) is 17.2 Å². The fourth-order valence-corrected chi connectivity index (χ4v) is 2.24. The van der Waals surface area contributed by atoms with Crippen molar-refractivity contribution < 1.29 is 0 Å². The molecule has 3 rings (SSSR count). The summed E-state index contributed by atoms with van der Waals surface area (Å²) >= 11 is 0. The van der Waals surface area contributed by atoms with Crippen LogP contribution in [0.5, 0.6) is 0 Å². The highest BCUT2D eigenvalue weighted by Gasteiger charge is 2.12. The maximum absolute atomic E-state index is 3.56. The minimum atomic E-state index is 0.893. The number of benzene rings is 1. The van der Waals surface area contributed by atoms with Gasteiger partial charge < -0.3 is 10.6 Å². The molecule has 0 unspecified atom stereocenters. The van der Waals surface area contributed by atoms with Gasteiger partial charge in [-0.15, -0.1) is 0 Å². The molecule has 0 spiro atoms. The molecule has 1 aromatic rings. The Bertz CT molecular complexity index is 509. The van der Waals surface area contributed by atoms with Gasteiger partial charge in [-0.25, -0.2) is 0 Å². The second-order valence-corrected chi connectivity index (χ2v) is 4.35. The molecule has 86 valence electrons. The summed E-state index contributed by atoms with van der Waals surface area (Å²) in [7, 11) is 0. The van der Waals surface area contributed by atoms with Crippen molar-refractivity contribution in [1.29, 1.82) is 0 Å². The molecule has 0 saturated carbocycles. The summed E-state index contributed by atoms with van der Waals surface area (Å²) < 4.78 is 0. The molecule has 1 heterocycles. The average molecular weight is 224 g/mol. The van der Waals surface area contributed by atoms with Crippen LogP contribution < -0.4 is 10.6 Å². The second-order valence-electron chi connectivity index (χ2n) is 4.35. The predicted molar refractivity (Wildman–Crippen MR) is 73.1 cm³/mol. The number of rotatable bonds is 0. The Labute approximate surface area is 102 Å². The molecule has 0 aromatic heterocycles. The van der Waals surface area contributed by atoms with E-state index in [1.807, 2.05) is 0 Å². The number of anilines is 2. The number of fused-ring (bicyclic) bond motifs is 1. The van der Waals surface area contributed by atoms with Gasteiger partial charge in [-0.2, -0.15) is 0 Å². The van der Waals surface area contributed by atoms with Crippen LogP contribution >= 0.6 is 0 Å². The van der Waals surface area contributed by atoms with Gasteiger partial charge in [-0.05, 0) is 30.5 Å². The number of nitrogens with one attached hydrogen (secondary N) is 2. The van der Waals surface area contributed by atoms with Crippen molar-refractivity contribution in [3.8, 4) is 0 Å². The van der Waals surface area contributed by atoms with Crippen molar-refractivity contribution in [2.45, 2.75) is 12.8 Å². The summed E-state index contributed by atoms with van der Waals surface area (Å²) in [4.78, 5) is 0. The fourth-order valence-electron chi connectivity index (χ4n) is 2.24. The number of hydrogen-bond donors (Lipinski definition) is 2. The average Bonchev–Trinajstić information content (AvgIpc) is 2.49. The largest absolute Gasteiger partial charge is 0.379 e. The first-order chi connectivity index (χ1) is 8.43. The third-order valence-corrected chi connectivity index (χ3v) is 3.18. The first-order valence-electron chi connectivity index (χ1n) is 6.08. The Morgan fingerprint density at radius 1 is 1.00 bits per heavy atom. The second kappa shape index (κ2) is 4.50. The Morgan fingerprint density at radius 3 is 2.82 bits per heavy atom. The van der Waals surface area contributed by atoms with Crippen LogP contribution in [-0.2, 0) is 0 Å². The van der Waals surface area contributed by atoms with Gasteiger partial charge in [0.05, 0.1) is 11.4 Å². The lowest BCUT2D eigenvalue weighted by molar-refractivity contribution is 0.962. The molecule has 2 aliphatic rings. The molecule has 0 radical (unpaired) electrons. The molecule has 1 aliphatic heterocycles. The molecule has 1 aliphatic carbocycles. The van der Waals surface area contributed by atoms with Gasteiger partial charge in [0.2, 0.25) is 0 Å². The Kier molecular flexibility index (Phi) is 2.70. The fraction of sp³-hybridized carbons (Fsp3) is 0.200. The molecule has 1 aromatic carbocycles. The van der Waals surface area contributed by atoms with E-state index in [0.29, 0.717) is 0 Å². The highest BCUT2D eigenvalue weighted by atomic mass is 15.0. The van der Waals surface area contributed by atoms with Crippen molar-refractivity contribution in [3.63, 3.8) is 0 Å². The van der Waals surface area contributed by atoms with Crippen LogP contribution in [-0.4, -0.2) is 6.54 Å². The monoisotopic (exact) mass is 224 g/mol. The quantitative estimate of drug-likeness (QED) is 0.702. The van der Waals surface area contributed by atoms with Crippen molar-refractivity contribution in [1.82, 2.24) is 0 Å². The van der Waals surface area contributed by atoms with E-state index in [-0.39, 0.29) is 0 Å². The molecular formula is C15H16N2. The molecule has 17 heavy (non-hydrogen) atoms. The first kappa shape index (κ1) is 10.2. The normalized spacial score (nSPS) is 18.1. The maximum Gasteiger partial charge on any atom is 0.0617 e. The molecule has 0 amide bonds. The Hall–Kier alpha value is -1.96. The maximum atomic E-state index is 3.56. The molecule has 2 nitrogen and oxygen atoms in total. The Morgan fingerprint density at radius 2 is 1.88 bits per heavy atom. The van der Waals surface area contributed by atoms with E-state index < -0.39 is 0 Å². The number of hydrogen-bond acceptors (Lipinski definition) is 2. The van der Waals surface area contributed by atoms with Crippen LogP contribution in [0.4, 0.5) is 11.4 Å².